The van der Waals surface area contributed by atoms with E-state index in [4.69, 9.17) is 4.74 Å². The maximum Gasteiger partial charge on any atom is 0.238 e. The van der Waals surface area contributed by atoms with Gasteiger partial charge in [0.15, 0.2) is 9.84 Å². The van der Waals surface area contributed by atoms with Crippen molar-refractivity contribution >= 4 is 26.5 Å². The molecule has 3 rings (SSSR count). The lowest BCUT2D eigenvalue weighted by Gasteiger charge is -2.26. The van der Waals surface area contributed by atoms with Crippen LogP contribution in [-0.4, -0.2) is 51.3 Å². The Morgan fingerprint density at radius 2 is 1.73 bits per heavy atom. The number of rotatable bonds is 3. The topological polar surface area (TPSA) is 63.7 Å². The molecule has 0 bridgehead atoms. The van der Waals surface area contributed by atoms with E-state index >= 15 is 0 Å². The van der Waals surface area contributed by atoms with E-state index in [1.807, 2.05) is 24.3 Å². The number of amides is 1. The fourth-order valence-electron chi connectivity index (χ4n) is 2.51. The second-order valence-corrected chi connectivity index (χ2v) is 7.25. The van der Waals surface area contributed by atoms with Crippen LogP contribution in [0.25, 0.3) is 10.8 Å². The second kappa shape index (κ2) is 6.06. The first-order valence-electron chi connectivity index (χ1n) is 7.13. The van der Waals surface area contributed by atoms with Crippen LogP contribution in [0.1, 0.15) is 0 Å². The number of hydrogen-bond donors (Lipinski definition) is 0. The minimum Gasteiger partial charge on any atom is -0.378 e. The van der Waals surface area contributed by atoms with E-state index in [9.17, 15) is 13.2 Å². The van der Waals surface area contributed by atoms with Gasteiger partial charge < -0.3 is 9.64 Å². The fraction of sp³-hybridized carbons (Fsp3) is 0.312. The number of hydrogen-bond acceptors (Lipinski definition) is 4. The Morgan fingerprint density at radius 1 is 1.05 bits per heavy atom. The van der Waals surface area contributed by atoms with Crippen LogP contribution >= 0.6 is 0 Å². The smallest absolute Gasteiger partial charge is 0.238 e. The van der Waals surface area contributed by atoms with Crippen LogP contribution in [-0.2, 0) is 19.4 Å². The molecule has 1 amide bonds. The molecule has 0 unspecified atom stereocenters. The Hall–Kier alpha value is -1.92. The highest BCUT2D eigenvalue weighted by molar-refractivity contribution is 7.92. The molecule has 0 aliphatic carbocycles. The highest BCUT2D eigenvalue weighted by atomic mass is 32.2. The van der Waals surface area contributed by atoms with Gasteiger partial charge in [-0.3, -0.25) is 4.79 Å². The van der Waals surface area contributed by atoms with E-state index in [1.54, 1.807) is 23.1 Å². The maximum atomic E-state index is 12.5. The van der Waals surface area contributed by atoms with Gasteiger partial charge >= 0.3 is 0 Å². The summed E-state index contributed by atoms with van der Waals surface area (Å²) in [4.78, 5) is 13.9. The summed E-state index contributed by atoms with van der Waals surface area (Å²) in [5.41, 5.74) is 0. The first-order chi connectivity index (χ1) is 10.6. The normalized spacial score (nSPS) is 15.9. The highest BCUT2D eigenvalue weighted by Crippen LogP contribution is 2.20. The Kier molecular flexibility index (Phi) is 4.13. The van der Waals surface area contributed by atoms with Crippen LogP contribution in [0.3, 0.4) is 0 Å². The lowest BCUT2D eigenvalue weighted by Crippen LogP contribution is -2.43. The molecule has 1 fully saturated rings. The predicted molar refractivity (Wildman–Crippen MR) is 83.4 cm³/mol. The van der Waals surface area contributed by atoms with Crippen LogP contribution in [0.15, 0.2) is 47.4 Å². The Bertz CT molecular complexity index is 795. The van der Waals surface area contributed by atoms with Crippen molar-refractivity contribution in [3.8, 4) is 0 Å². The average Bonchev–Trinajstić information content (AvgIpc) is 2.55. The van der Waals surface area contributed by atoms with Crippen molar-refractivity contribution in [2.24, 2.45) is 0 Å². The van der Waals surface area contributed by atoms with Gasteiger partial charge in [-0.2, -0.15) is 0 Å². The van der Waals surface area contributed by atoms with Crippen LogP contribution in [0.4, 0.5) is 0 Å². The molecular formula is C16H17NO4S. The third-order valence-electron chi connectivity index (χ3n) is 3.76. The summed E-state index contributed by atoms with van der Waals surface area (Å²) >= 11 is 0. The molecule has 22 heavy (non-hydrogen) atoms. The number of sulfone groups is 1. The van der Waals surface area contributed by atoms with E-state index in [0.29, 0.717) is 26.3 Å². The summed E-state index contributed by atoms with van der Waals surface area (Å²) in [6.07, 6.45) is 0. The largest absolute Gasteiger partial charge is 0.378 e. The number of carbonyl (C=O) groups excluding carboxylic acids is 1. The van der Waals surface area contributed by atoms with Gasteiger partial charge in [-0.05, 0) is 22.9 Å². The van der Waals surface area contributed by atoms with Crippen molar-refractivity contribution in [3.63, 3.8) is 0 Å². The molecule has 1 heterocycles. The molecule has 0 saturated carbocycles. The molecule has 1 aliphatic rings. The van der Waals surface area contributed by atoms with E-state index in [2.05, 4.69) is 0 Å². The van der Waals surface area contributed by atoms with Gasteiger partial charge in [-0.15, -0.1) is 0 Å². The summed E-state index contributed by atoms with van der Waals surface area (Å²) in [5, 5.41) is 1.82. The monoisotopic (exact) mass is 319 g/mol. The molecule has 0 aromatic heterocycles. The molecule has 2 aromatic rings. The molecular weight excluding hydrogens is 302 g/mol. The van der Waals surface area contributed by atoms with Gasteiger partial charge in [0.05, 0.1) is 18.1 Å². The van der Waals surface area contributed by atoms with Crippen molar-refractivity contribution in [1.82, 2.24) is 4.90 Å². The summed E-state index contributed by atoms with van der Waals surface area (Å²) in [5.74, 6) is -0.859. The third kappa shape index (κ3) is 3.13. The zero-order chi connectivity index (χ0) is 15.6. The van der Waals surface area contributed by atoms with Crippen LogP contribution in [0.2, 0.25) is 0 Å². The van der Waals surface area contributed by atoms with Gasteiger partial charge in [0.2, 0.25) is 5.91 Å². The number of benzene rings is 2. The second-order valence-electron chi connectivity index (χ2n) is 5.26. The Labute approximate surface area is 129 Å². The van der Waals surface area contributed by atoms with Crippen molar-refractivity contribution in [2.75, 3.05) is 32.1 Å². The van der Waals surface area contributed by atoms with Gasteiger partial charge in [0.25, 0.3) is 0 Å². The molecule has 1 aliphatic heterocycles. The first kappa shape index (κ1) is 15.0. The SMILES string of the molecule is O=C(CS(=O)(=O)c1ccc2ccccc2c1)N1CCOCC1. The zero-order valence-corrected chi connectivity index (χ0v) is 12.9. The molecule has 0 atom stereocenters. The number of nitrogens with zero attached hydrogens (tertiary/aromatic N) is 1. The van der Waals surface area contributed by atoms with Crippen LogP contribution in [0, 0.1) is 0 Å². The number of morpholine rings is 1. The summed E-state index contributed by atoms with van der Waals surface area (Å²) < 4.78 is 30.1. The average molecular weight is 319 g/mol. The van der Waals surface area contributed by atoms with Crippen LogP contribution < -0.4 is 0 Å². The van der Waals surface area contributed by atoms with Gasteiger partial charge in [-0.1, -0.05) is 30.3 Å². The fourth-order valence-corrected chi connectivity index (χ4v) is 3.77. The van der Waals surface area contributed by atoms with E-state index in [-0.39, 0.29) is 10.8 Å². The maximum absolute atomic E-state index is 12.5. The van der Waals surface area contributed by atoms with Crippen molar-refractivity contribution in [3.05, 3.63) is 42.5 Å². The van der Waals surface area contributed by atoms with E-state index in [0.717, 1.165) is 10.8 Å². The number of ether oxygens (including phenoxy) is 1. The molecule has 0 radical (unpaired) electrons. The molecule has 0 spiro atoms. The minimum absolute atomic E-state index is 0.188. The molecule has 5 nitrogen and oxygen atoms in total. The van der Waals surface area contributed by atoms with Crippen LogP contribution in [0.5, 0.6) is 0 Å². The van der Waals surface area contributed by atoms with Gasteiger partial charge in [0.1, 0.15) is 5.75 Å². The molecule has 0 N–H and O–H groups in total. The number of fused-ring (bicyclic) bond motifs is 1. The van der Waals surface area contributed by atoms with Gasteiger partial charge in [0, 0.05) is 13.1 Å². The third-order valence-corrected chi connectivity index (χ3v) is 5.36. The lowest BCUT2D eigenvalue weighted by molar-refractivity contribution is -0.132. The molecule has 116 valence electrons. The minimum atomic E-state index is -3.63. The summed E-state index contributed by atoms with van der Waals surface area (Å²) in [6.45, 7) is 1.82. The van der Waals surface area contributed by atoms with E-state index in [1.165, 1.54) is 0 Å². The molecule has 2 aromatic carbocycles. The van der Waals surface area contributed by atoms with Crippen molar-refractivity contribution in [1.29, 1.82) is 0 Å². The first-order valence-corrected chi connectivity index (χ1v) is 8.78. The Balaban J connectivity index is 1.83. The van der Waals surface area contributed by atoms with Gasteiger partial charge in [-0.25, -0.2) is 8.42 Å². The quantitative estimate of drug-likeness (QED) is 0.859. The molecule has 1 saturated heterocycles. The molecule has 6 heteroatoms. The Morgan fingerprint density at radius 3 is 2.45 bits per heavy atom. The zero-order valence-electron chi connectivity index (χ0n) is 12.1. The van der Waals surface area contributed by atoms with E-state index < -0.39 is 15.6 Å². The van der Waals surface area contributed by atoms with Crippen molar-refractivity contribution < 1.29 is 17.9 Å². The lowest BCUT2D eigenvalue weighted by atomic mass is 10.1. The highest BCUT2D eigenvalue weighted by Gasteiger charge is 2.24. The standard InChI is InChI=1S/C16H17NO4S/c18-16(17-7-9-21-10-8-17)12-22(19,20)15-6-5-13-3-1-2-4-14(13)11-15/h1-6,11H,7-10,12H2. The number of carbonyl (C=O) groups is 1. The summed E-state index contributed by atoms with van der Waals surface area (Å²) in [7, 11) is -3.63. The summed E-state index contributed by atoms with van der Waals surface area (Å²) in [6, 6.07) is 12.5. The predicted octanol–water partition coefficient (Wildman–Crippen LogP) is 1.47. The van der Waals surface area contributed by atoms with Crippen molar-refractivity contribution in [2.45, 2.75) is 4.90 Å².